The quantitative estimate of drug-likeness (QED) is 0.768. The maximum absolute atomic E-state index is 13.2. The van der Waals surface area contributed by atoms with Gasteiger partial charge in [-0.25, -0.2) is 9.18 Å². The van der Waals surface area contributed by atoms with Gasteiger partial charge in [0.25, 0.3) is 0 Å². The van der Waals surface area contributed by atoms with Crippen molar-refractivity contribution >= 4 is 23.3 Å². The largest absolute Gasteiger partial charge is 0.385 e. The molecular formula is C17H21ClFN3O2. The van der Waals surface area contributed by atoms with Crippen LogP contribution in [0.2, 0.25) is 5.02 Å². The molecule has 0 saturated heterocycles. The number of halogens is 2. The number of carbonyl (C=O) groups is 1. The van der Waals surface area contributed by atoms with E-state index in [2.05, 4.69) is 5.32 Å². The summed E-state index contributed by atoms with van der Waals surface area (Å²) in [5.41, 5.74) is 1.47. The predicted octanol–water partition coefficient (Wildman–Crippen LogP) is 3.89. The first-order chi connectivity index (χ1) is 11.5. The van der Waals surface area contributed by atoms with Crippen LogP contribution in [-0.4, -0.2) is 35.8 Å². The molecule has 1 heterocycles. The third-order valence-corrected chi connectivity index (χ3v) is 3.93. The zero-order valence-electron chi connectivity index (χ0n) is 13.8. The maximum atomic E-state index is 13.2. The summed E-state index contributed by atoms with van der Waals surface area (Å²) >= 11 is 5.76. The number of ether oxygens (including phenoxy) is 1. The summed E-state index contributed by atoms with van der Waals surface area (Å²) in [7, 11) is 3.56. The fourth-order valence-electron chi connectivity index (χ4n) is 2.28. The minimum Gasteiger partial charge on any atom is -0.385 e. The first-order valence-electron chi connectivity index (χ1n) is 7.61. The van der Waals surface area contributed by atoms with Crippen LogP contribution in [0.5, 0.6) is 0 Å². The number of nitrogens with one attached hydrogen (secondary N) is 1. The summed E-state index contributed by atoms with van der Waals surface area (Å²) in [4.78, 5) is 14.3. The van der Waals surface area contributed by atoms with Gasteiger partial charge in [0.15, 0.2) is 0 Å². The summed E-state index contributed by atoms with van der Waals surface area (Å²) in [6.07, 6.45) is 2.65. The highest BCUT2D eigenvalue weighted by Crippen LogP contribution is 2.20. The standard InChI is InChI=1S/C17H21ClFN3O2/c1-21-8-3-5-14(21)12-22(9-4-10-24-2)17(23)20-13-6-7-16(19)15(18)11-13/h3,5-8,11H,4,9-10,12H2,1-2H3,(H,20,23). The van der Waals surface area contributed by atoms with Crippen molar-refractivity contribution in [3.8, 4) is 0 Å². The van der Waals surface area contributed by atoms with Gasteiger partial charge >= 0.3 is 6.03 Å². The number of methoxy groups -OCH3 is 1. The minimum absolute atomic E-state index is 0.0267. The van der Waals surface area contributed by atoms with E-state index in [0.717, 1.165) is 12.1 Å². The summed E-state index contributed by atoms with van der Waals surface area (Å²) in [5.74, 6) is -0.518. The fraction of sp³-hybridized carbons (Fsp3) is 0.353. The monoisotopic (exact) mass is 353 g/mol. The van der Waals surface area contributed by atoms with Gasteiger partial charge in [0.05, 0.1) is 11.6 Å². The van der Waals surface area contributed by atoms with E-state index in [9.17, 15) is 9.18 Å². The molecule has 2 rings (SSSR count). The molecule has 0 aliphatic rings. The molecule has 24 heavy (non-hydrogen) atoms. The van der Waals surface area contributed by atoms with Crippen LogP contribution in [0.25, 0.3) is 0 Å². The van der Waals surface area contributed by atoms with E-state index in [4.69, 9.17) is 16.3 Å². The number of urea groups is 1. The molecule has 0 atom stereocenters. The number of hydrogen-bond donors (Lipinski definition) is 1. The Kier molecular flexibility index (Phi) is 6.63. The first-order valence-corrected chi connectivity index (χ1v) is 7.99. The highest BCUT2D eigenvalue weighted by molar-refractivity contribution is 6.31. The molecule has 130 valence electrons. The topological polar surface area (TPSA) is 46.5 Å². The third kappa shape index (κ3) is 4.97. The van der Waals surface area contributed by atoms with Crippen molar-refractivity contribution in [1.29, 1.82) is 0 Å². The Morgan fingerprint density at radius 3 is 2.83 bits per heavy atom. The summed E-state index contributed by atoms with van der Waals surface area (Å²) in [5, 5.41) is 2.73. The van der Waals surface area contributed by atoms with Crippen LogP contribution in [0.15, 0.2) is 36.5 Å². The Labute approximate surface area is 146 Å². The van der Waals surface area contributed by atoms with Crippen LogP contribution in [0, 0.1) is 5.82 Å². The van der Waals surface area contributed by atoms with Crippen LogP contribution < -0.4 is 5.32 Å². The van der Waals surface area contributed by atoms with Crippen LogP contribution in [0.4, 0.5) is 14.9 Å². The van der Waals surface area contributed by atoms with Gasteiger partial charge in [-0.05, 0) is 36.8 Å². The SMILES string of the molecule is COCCCN(Cc1cccn1C)C(=O)Nc1ccc(F)c(Cl)c1. The fourth-order valence-corrected chi connectivity index (χ4v) is 2.47. The van der Waals surface area contributed by atoms with E-state index in [1.165, 1.54) is 18.2 Å². The van der Waals surface area contributed by atoms with Gasteiger partial charge in [-0.3, -0.25) is 0 Å². The van der Waals surface area contributed by atoms with Gasteiger partial charge in [-0.1, -0.05) is 11.6 Å². The number of anilines is 1. The Morgan fingerprint density at radius 1 is 1.42 bits per heavy atom. The molecule has 0 radical (unpaired) electrons. The lowest BCUT2D eigenvalue weighted by atomic mass is 10.3. The van der Waals surface area contributed by atoms with Crippen molar-refractivity contribution in [3.63, 3.8) is 0 Å². The lowest BCUT2D eigenvalue weighted by Crippen LogP contribution is -2.36. The summed E-state index contributed by atoms with van der Waals surface area (Å²) in [6, 6.07) is 7.73. The number of hydrogen-bond acceptors (Lipinski definition) is 2. The van der Waals surface area contributed by atoms with E-state index in [1.54, 1.807) is 12.0 Å². The number of benzene rings is 1. The molecule has 0 saturated carbocycles. The Bertz CT molecular complexity index is 690. The maximum Gasteiger partial charge on any atom is 0.322 e. The lowest BCUT2D eigenvalue weighted by molar-refractivity contribution is 0.171. The van der Waals surface area contributed by atoms with Gasteiger partial charge in [-0.15, -0.1) is 0 Å². The lowest BCUT2D eigenvalue weighted by Gasteiger charge is -2.23. The Hall–Kier alpha value is -2.05. The minimum atomic E-state index is -0.518. The highest BCUT2D eigenvalue weighted by atomic mass is 35.5. The number of aryl methyl sites for hydroxylation is 1. The van der Waals surface area contributed by atoms with E-state index < -0.39 is 5.82 Å². The Balaban J connectivity index is 2.07. The number of rotatable bonds is 7. The smallest absolute Gasteiger partial charge is 0.322 e. The highest BCUT2D eigenvalue weighted by Gasteiger charge is 2.16. The summed E-state index contributed by atoms with van der Waals surface area (Å²) in [6.45, 7) is 1.58. The van der Waals surface area contributed by atoms with Crippen LogP contribution >= 0.6 is 11.6 Å². The molecule has 0 aliphatic heterocycles. The van der Waals surface area contributed by atoms with E-state index in [1.807, 2.05) is 29.9 Å². The van der Waals surface area contributed by atoms with E-state index >= 15 is 0 Å². The molecule has 0 spiro atoms. The normalized spacial score (nSPS) is 10.7. The third-order valence-electron chi connectivity index (χ3n) is 3.64. The second kappa shape index (κ2) is 8.70. The number of aromatic nitrogens is 1. The number of nitrogens with zero attached hydrogens (tertiary/aromatic N) is 2. The molecule has 2 amide bonds. The van der Waals surface area contributed by atoms with Gasteiger partial charge in [0.1, 0.15) is 5.82 Å². The molecule has 0 bridgehead atoms. The second-order valence-electron chi connectivity index (χ2n) is 5.44. The van der Waals surface area contributed by atoms with E-state index in [0.29, 0.717) is 25.4 Å². The predicted molar refractivity (Wildman–Crippen MR) is 92.7 cm³/mol. The molecular weight excluding hydrogens is 333 g/mol. The molecule has 1 N–H and O–H groups in total. The summed E-state index contributed by atoms with van der Waals surface area (Å²) < 4.78 is 20.2. The molecule has 5 nitrogen and oxygen atoms in total. The average Bonchev–Trinajstić information content (AvgIpc) is 2.95. The van der Waals surface area contributed by atoms with Crippen molar-refractivity contribution in [1.82, 2.24) is 9.47 Å². The van der Waals surface area contributed by atoms with Crippen molar-refractivity contribution in [2.24, 2.45) is 7.05 Å². The molecule has 7 heteroatoms. The van der Waals surface area contributed by atoms with Crippen molar-refractivity contribution < 1.29 is 13.9 Å². The van der Waals surface area contributed by atoms with Crippen molar-refractivity contribution in [2.75, 3.05) is 25.6 Å². The van der Waals surface area contributed by atoms with Crippen molar-refractivity contribution in [3.05, 3.63) is 53.1 Å². The molecule has 0 unspecified atom stereocenters. The average molecular weight is 354 g/mol. The van der Waals surface area contributed by atoms with E-state index in [-0.39, 0.29) is 11.1 Å². The second-order valence-corrected chi connectivity index (χ2v) is 5.84. The van der Waals surface area contributed by atoms with Gasteiger partial charge in [-0.2, -0.15) is 0 Å². The zero-order valence-corrected chi connectivity index (χ0v) is 14.5. The molecule has 2 aromatic rings. The van der Waals surface area contributed by atoms with Gasteiger partial charge in [0, 0.05) is 44.9 Å². The Morgan fingerprint density at radius 2 is 2.21 bits per heavy atom. The number of amides is 2. The first kappa shape index (κ1) is 18.3. The van der Waals surface area contributed by atoms with Crippen molar-refractivity contribution in [2.45, 2.75) is 13.0 Å². The van der Waals surface area contributed by atoms with Gasteiger partial charge < -0.3 is 19.5 Å². The zero-order chi connectivity index (χ0) is 17.5. The number of carbonyl (C=O) groups excluding carboxylic acids is 1. The molecule has 0 aliphatic carbocycles. The van der Waals surface area contributed by atoms with Gasteiger partial charge in [0.2, 0.25) is 0 Å². The molecule has 1 aromatic carbocycles. The molecule has 0 fully saturated rings. The van der Waals surface area contributed by atoms with Crippen LogP contribution in [0.1, 0.15) is 12.1 Å². The van der Waals surface area contributed by atoms with Crippen LogP contribution in [0.3, 0.4) is 0 Å². The van der Waals surface area contributed by atoms with Crippen LogP contribution in [-0.2, 0) is 18.3 Å². The molecule has 1 aromatic heterocycles.